The number of nitrogens with one attached hydrogen (secondary N) is 1. The summed E-state index contributed by atoms with van der Waals surface area (Å²) < 4.78 is 27.2. The second kappa shape index (κ2) is 7.48. The van der Waals surface area contributed by atoms with E-state index >= 15 is 0 Å². The number of carbonyl (C=O) groups is 1. The van der Waals surface area contributed by atoms with Crippen LogP contribution in [-0.2, 0) is 16.9 Å². The first-order chi connectivity index (χ1) is 13.4. The highest BCUT2D eigenvalue weighted by Gasteiger charge is 2.30. The van der Waals surface area contributed by atoms with E-state index in [1.54, 1.807) is 34.5 Å². The number of benzene rings is 1. The maximum atomic E-state index is 12.8. The Morgan fingerprint density at radius 3 is 2.79 bits per heavy atom. The van der Waals surface area contributed by atoms with Crippen molar-refractivity contribution in [2.24, 2.45) is 7.05 Å². The number of nitrogens with zero attached hydrogens (tertiary/aromatic N) is 3. The lowest BCUT2D eigenvalue weighted by Gasteiger charge is -2.12. The van der Waals surface area contributed by atoms with Crippen molar-refractivity contribution in [3.63, 3.8) is 0 Å². The second-order valence-electron chi connectivity index (χ2n) is 6.87. The number of anilines is 1. The number of aromatic nitrogens is 3. The van der Waals surface area contributed by atoms with Crippen LogP contribution in [0.3, 0.4) is 0 Å². The minimum atomic E-state index is -3.37. The Balaban J connectivity index is 1.52. The van der Waals surface area contributed by atoms with Gasteiger partial charge in [0.25, 0.3) is 5.91 Å². The van der Waals surface area contributed by atoms with Gasteiger partial charge in [0.05, 0.1) is 16.3 Å². The van der Waals surface area contributed by atoms with E-state index in [2.05, 4.69) is 15.4 Å². The molecule has 7 nitrogen and oxygen atoms in total. The van der Waals surface area contributed by atoms with Crippen LogP contribution >= 0.6 is 11.3 Å². The summed E-state index contributed by atoms with van der Waals surface area (Å²) >= 11 is 1.36. The zero-order valence-electron chi connectivity index (χ0n) is 15.3. The number of hydrogen-bond donors (Lipinski definition) is 1. The highest BCUT2D eigenvalue weighted by Crippen LogP contribution is 2.30. The lowest BCUT2D eigenvalue weighted by atomic mass is 10.3. The maximum Gasteiger partial charge on any atom is 0.275 e. The highest BCUT2D eigenvalue weighted by molar-refractivity contribution is 7.92. The summed E-state index contributed by atoms with van der Waals surface area (Å²) in [5, 5.41) is 8.92. The van der Waals surface area contributed by atoms with Gasteiger partial charge in [0.2, 0.25) is 0 Å². The number of thiazole rings is 1. The molecule has 2 heterocycles. The van der Waals surface area contributed by atoms with E-state index in [1.807, 2.05) is 13.2 Å². The second-order valence-corrected chi connectivity index (χ2v) is 9.96. The molecule has 0 radical (unpaired) electrons. The summed E-state index contributed by atoms with van der Waals surface area (Å²) in [6.45, 7) is 0. The fraction of sp³-hybridized carbons (Fsp3) is 0.316. The molecule has 2 aromatic heterocycles. The molecular formula is C19H20N4O3S2. The normalized spacial score (nSPS) is 15.0. The van der Waals surface area contributed by atoms with Gasteiger partial charge in [0, 0.05) is 29.9 Å². The number of amides is 1. The number of aryl methyl sites for hydroxylation is 1. The number of carbonyl (C=O) groups excluding carboxylic acids is 1. The molecular weight excluding hydrogens is 396 g/mol. The number of rotatable bonds is 5. The summed E-state index contributed by atoms with van der Waals surface area (Å²) in [4.78, 5) is 17.2. The molecule has 0 unspecified atom stereocenters. The van der Waals surface area contributed by atoms with E-state index < -0.39 is 9.84 Å². The molecule has 1 aliphatic rings. The van der Waals surface area contributed by atoms with Gasteiger partial charge in [-0.2, -0.15) is 5.10 Å². The predicted octanol–water partition coefficient (Wildman–Crippen LogP) is 3.51. The average molecular weight is 417 g/mol. The lowest BCUT2D eigenvalue weighted by molar-refractivity contribution is 0.102. The van der Waals surface area contributed by atoms with Gasteiger partial charge in [-0.05, 0) is 31.0 Å². The quantitative estimate of drug-likeness (QED) is 0.687. The third-order valence-electron chi connectivity index (χ3n) is 4.85. The Labute approximate surface area is 167 Å². The summed E-state index contributed by atoms with van der Waals surface area (Å²) in [7, 11) is -1.55. The van der Waals surface area contributed by atoms with Gasteiger partial charge >= 0.3 is 0 Å². The van der Waals surface area contributed by atoms with E-state index in [9.17, 15) is 13.2 Å². The molecule has 0 atom stereocenters. The van der Waals surface area contributed by atoms with Gasteiger partial charge in [-0.1, -0.05) is 18.9 Å². The van der Waals surface area contributed by atoms with Gasteiger partial charge in [-0.3, -0.25) is 9.48 Å². The minimum Gasteiger partial charge on any atom is -0.321 e. The Hall–Kier alpha value is -2.52. The van der Waals surface area contributed by atoms with Crippen molar-refractivity contribution in [3.05, 3.63) is 47.7 Å². The Morgan fingerprint density at radius 1 is 1.29 bits per heavy atom. The van der Waals surface area contributed by atoms with Crippen LogP contribution in [0.4, 0.5) is 5.69 Å². The lowest BCUT2D eigenvalue weighted by Crippen LogP contribution is -2.18. The number of sulfone groups is 1. The molecule has 0 spiro atoms. The van der Waals surface area contributed by atoms with Crippen molar-refractivity contribution in [1.29, 1.82) is 0 Å². The molecule has 1 N–H and O–H groups in total. The summed E-state index contributed by atoms with van der Waals surface area (Å²) in [5.74, 6) is -0.373. The molecule has 1 aliphatic carbocycles. The van der Waals surface area contributed by atoms with Crippen molar-refractivity contribution < 1.29 is 13.2 Å². The van der Waals surface area contributed by atoms with Crippen LogP contribution in [0.25, 0.3) is 10.6 Å². The van der Waals surface area contributed by atoms with Crippen molar-refractivity contribution in [3.8, 4) is 10.6 Å². The molecule has 0 saturated heterocycles. The molecule has 0 bridgehead atoms. The van der Waals surface area contributed by atoms with Gasteiger partial charge in [-0.25, -0.2) is 13.4 Å². The third-order valence-corrected chi connectivity index (χ3v) is 8.00. The molecule has 1 aromatic carbocycles. The van der Waals surface area contributed by atoms with Gasteiger partial charge in [0.1, 0.15) is 10.7 Å². The van der Waals surface area contributed by atoms with Gasteiger partial charge in [0.15, 0.2) is 9.84 Å². The molecule has 3 aromatic rings. The van der Waals surface area contributed by atoms with Crippen LogP contribution < -0.4 is 5.32 Å². The predicted molar refractivity (Wildman–Crippen MR) is 108 cm³/mol. The maximum absolute atomic E-state index is 12.8. The molecule has 9 heteroatoms. The third kappa shape index (κ3) is 3.72. The van der Waals surface area contributed by atoms with E-state index in [0.717, 1.165) is 18.4 Å². The van der Waals surface area contributed by atoms with Crippen molar-refractivity contribution in [2.75, 3.05) is 5.32 Å². The fourth-order valence-corrected chi connectivity index (χ4v) is 6.05. The summed E-state index contributed by atoms with van der Waals surface area (Å²) in [6.07, 6.45) is 6.83. The molecule has 0 aliphatic heterocycles. The number of hydrogen-bond acceptors (Lipinski definition) is 6. The summed E-state index contributed by atoms with van der Waals surface area (Å²) in [6, 6.07) is 6.45. The van der Waals surface area contributed by atoms with Crippen molar-refractivity contribution in [1.82, 2.24) is 14.8 Å². The molecule has 1 fully saturated rings. The van der Waals surface area contributed by atoms with E-state index in [4.69, 9.17) is 0 Å². The van der Waals surface area contributed by atoms with E-state index in [-0.39, 0.29) is 21.7 Å². The van der Waals surface area contributed by atoms with Crippen LogP contribution in [0.1, 0.15) is 36.2 Å². The van der Waals surface area contributed by atoms with Gasteiger partial charge in [-0.15, -0.1) is 11.3 Å². The standard InChI is InChI=1S/C19H20N4O3S2/c1-23-11-13(10-20-23)19-22-17(12-27-19)18(24)21-14-5-4-8-16(9-14)28(25,26)15-6-2-3-7-15/h4-5,8-12,15H,2-3,6-7H2,1H3,(H,21,24). The first-order valence-electron chi connectivity index (χ1n) is 9.03. The van der Waals surface area contributed by atoms with Crippen LogP contribution in [0.2, 0.25) is 0 Å². The van der Waals surface area contributed by atoms with E-state index in [0.29, 0.717) is 23.5 Å². The highest BCUT2D eigenvalue weighted by atomic mass is 32.2. The zero-order valence-corrected chi connectivity index (χ0v) is 17.0. The largest absolute Gasteiger partial charge is 0.321 e. The van der Waals surface area contributed by atoms with Gasteiger partial charge < -0.3 is 5.32 Å². The molecule has 1 saturated carbocycles. The zero-order chi connectivity index (χ0) is 19.7. The van der Waals surface area contributed by atoms with Crippen LogP contribution in [0, 0.1) is 0 Å². The monoisotopic (exact) mass is 416 g/mol. The first-order valence-corrected chi connectivity index (χ1v) is 11.5. The minimum absolute atomic E-state index is 0.256. The molecule has 1 amide bonds. The Kier molecular flexibility index (Phi) is 5.03. The fourth-order valence-electron chi connectivity index (χ4n) is 3.38. The Bertz CT molecular complexity index is 1110. The topological polar surface area (TPSA) is 94.0 Å². The Morgan fingerprint density at radius 2 is 2.07 bits per heavy atom. The molecule has 146 valence electrons. The van der Waals surface area contributed by atoms with E-state index in [1.165, 1.54) is 17.4 Å². The molecule has 28 heavy (non-hydrogen) atoms. The molecule has 4 rings (SSSR count). The smallest absolute Gasteiger partial charge is 0.275 e. The van der Waals surface area contributed by atoms with Crippen molar-refractivity contribution >= 4 is 32.8 Å². The summed E-state index contributed by atoms with van der Waals surface area (Å²) in [5.41, 5.74) is 1.57. The SMILES string of the molecule is Cn1cc(-c2nc(C(=O)Nc3cccc(S(=O)(=O)C4CCCC4)c3)cs2)cn1. The average Bonchev–Trinajstić information content (AvgIpc) is 3.43. The van der Waals surface area contributed by atoms with Crippen LogP contribution in [0.15, 0.2) is 46.9 Å². The van der Waals surface area contributed by atoms with Crippen LogP contribution in [-0.4, -0.2) is 34.3 Å². The van der Waals surface area contributed by atoms with Crippen LogP contribution in [0.5, 0.6) is 0 Å². The van der Waals surface area contributed by atoms with Crippen molar-refractivity contribution in [2.45, 2.75) is 35.8 Å². The first kappa shape index (κ1) is 18.8.